The second-order valence-electron chi connectivity index (χ2n) is 7.04. The molecule has 9 heteroatoms. The van der Waals surface area contributed by atoms with Crippen molar-refractivity contribution in [1.29, 1.82) is 0 Å². The molecule has 1 atom stereocenters. The lowest BCUT2D eigenvalue weighted by molar-refractivity contribution is 0.193. The molecule has 162 valence electrons. The lowest BCUT2D eigenvalue weighted by Crippen LogP contribution is -2.34. The number of aromatic nitrogens is 2. The molecule has 0 radical (unpaired) electrons. The fourth-order valence-corrected chi connectivity index (χ4v) is 3.65. The van der Waals surface area contributed by atoms with Crippen molar-refractivity contribution in [3.63, 3.8) is 0 Å². The van der Waals surface area contributed by atoms with Gasteiger partial charge in [0.05, 0.1) is 26.9 Å². The van der Waals surface area contributed by atoms with E-state index < -0.39 is 0 Å². The van der Waals surface area contributed by atoms with E-state index in [-0.39, 0.29) is 12.1 Å². The first-order valence-electron chi connectivity index (χ1n) is 9.90. The minimum absolute atomic E-state index is 0.255. The van der Waals surface area contributed by atoms with Gasteiger partial charge in [0.15, 0.2) is 0 Å². The molecular formula is C22H24N4O5. The van der Waals surface area contributed by atoms with Crippen LogP contribution in [-0.4, -0.2) is 48.9 Å². The Balaban J connectivity index is 1.53. The van der Waals surface area contributed by atoms with Gasteiger partial charge in [-0.1, -0.05) is 17.3 Å². The zero-order valence-corrected chi connectivity index (χ0v) is 17.6. The number of para-hydroxylation sites is 1. The fraction of sp³-hybridized carbons (Fsp3) is 0.318. The van der Waals surface area contributed by atoms with Crippen LogP contribution in [0.4, 0.5) is 10.5 Å². The molecule has 1 aromatic heterocycles. The number of methoxy groups -OCH3 is 3. The molecule has 1 N–H and O–H groups in total. The number of nitrogens with one attached hydrogen (secondary N) is 1. The van der Waals surface area contributed by atoms with E-state index in [1.165, 1.54) is 0 Å². The smallest absolute Gasteiger partial charge is 0.322 e. The molecule has 3 aromatic rings. The van der Waals surface area contributed by atoms with Crippen LogP contribution in [0.5, 0.6) is 17.2 Å². The van der Waals surface area contributed by atoms with Crippen molar-refractivity contribution in [3.05, 3.63) is 48.4 Å². The summed E-state index contributed by atoms with van der Waals surface area (Å²) in [5, 5.41) is 7.01. The Bertz CT molecular complexity index is 1050. The van der Waals surface area contributed by atoms with Crippen LogP contribution in [0.25, 0.3) is 11.4 Å². The number of carbonyl (C=O) groups excluding carboxylic acids is 1. The van der Waals surface area contributed by atoms with Crippen molar-refractivity contribution in [2.75, 3.05) is 33.2 Å². The number of carbonyl (C=O) groups is 1. The molecule has 0 aliphatic carbocycles. The van der Waals surface area contributed by atoms with Crippen LogP contribution < -0.4 is 19.5 Å². The van der Waals surface area contributed by atoms with Crippen molar-refractivity contribution >= 4 is 11.7 Å². The lowest BCUT2D eigenvalue weighted by Gasteiger charge is -2.22. The fourth-order valence-electron chi connectivity index (χ4n) is 3.65. The van der Waals surface area contributed by atoms with E-state index in [1.54, 1.807) is 44.4 Å². The van der Waals surface area contributed by atoms with Crippen molar-refractivity contribution in [3.8, 4) is 28.6 Å². The number of ether oxygens (including phenoxy) is 3. The predicted octanol–water partition coefficient (Wildman–Crippen LogP) is 4.13. The van der Waals surface area contributed by atoms with Gasteiger partial charge in [-0.05, 0) is 25.0 Å². The number of nitrogens with zero attached hydrogens (tertiary/aromatic N) is 3. The molecule has 9 nitrogen and oxygen atoms in total. The third-order valence-corrected chi connectivity index (χ3v) is 5.19. The Morgan fingerprint density at radius 3 is 2.55 bits per heavy atom. The topological polar surface area (TPSA) is 99.0 Å². The van der Waals surface area contributed by atoms with Gasteiger partial charge in [-0.3, -0.25) is 0 Å². The van der Waals surface area contributed by atoms with Gasteiger partial charge in [0.25, 0.3) is 0 Å². The second-order valence-corrected chi connectivity index (χ2v) is 7.04. The maximum absolute atomic E-state index is 13.0. The van der Waals surface area contributed by atoms with E-state index in [2.05, 4.69) is 15.5 Å². The molecule has 1 aliphatic rings. The molecule has 31 heavy (non-hydrogen) atoms. The quantitative estimate of drug-likeness (QED) is 0.635. The van der Waals surface area contributed by atoms with Gasteiger partial charge < -0.3 is 29.0 Å². The van der Waals surface area contributed by atoms with Crippen molar-refractivity contribution in [2.24, 2.45) is 0 Å². The van der Waals surface area contributed by atoms with E-state index in [9.17, 15) is 4.79 Å². The highest BCUT2D eigenvalue weighted by Gasteiger charge is 2.34. The number of anilines is 1. The standard InChI is InChI=1S/C22H24N4O5/c1-28-15-11-14(12-16(13-15)29-2)23-22(27)26-10-6-8-18(26)21-24-20(25-31-21)17-7-4-5-9-19(17)30-3/h4-5,7,9,11-13,18H,6,8,10H2,1-3H3,(H,23,27)/t18-/m0/s1. The Labute approximate surface area is 179 Å². The Morgan fingerprint density at radius 2 is 1.84 bits per heavy atom. The molecule has 2 heterocycles. The summed E-state index contributed by atoms with van der Waals surface area (Å²) in [5.41, 5.74) is 1.31. The average Bonchev–Trinajstić information content (AvgIpc) is 3.48. The number of benzene rings is 2. The van der Waals surface area contributed by atoms with Gasteiger partial charge in [0.1, 0.15) is 23.3 Å². The Hall–Kier alpha value is -3.75. The summed E-state index contributed by atoms with van der Waals surface area (Å²) in [7, 11) is 4.72. The number of amides is 2. The highest BCUT2D eigenvalue weighted by molar-refractivity contribution is 5.90. The van der Waals surface area contributed by atoms with Gasteiger partial charge in [0.2, 0.25) is 11.7 Å². The molecule has 1 fully saturated rings. The number of hydrogen-bond donors (Lipinski definition) is 1. The van der Waals surface area contributed by atoms with Crippen molar-refractivity contribution < 1.29 is 23.5 Å². The van der Waals surface area contributed by atoms with E-state index in [1.807, 2.05) is 24.3 Å². The summed E-state index contributed by atoms with van der Waals surface area (Å²) in [6.45, 7) is 0.587. The third kappa shape index (κ3) is 4.25. The minimum atomic E-state index is -0.302. The van der Waals surface area contributed by atoms with E-state index >= 15 is 0 Å². The normalized spacial score (nSPS) is 15.6. The van der Waals surface area contributed by atoms with E-state index in [4.69, 9.17) is 18.7 Å². The van der Waals surface area contributed by atoms with Gasteiger partial charge in [0, 0.05) is 30.4 Å². The number of urea groups is 1. The zero-order valence-electron chi connectivity index (χ0n) is 17.6. The first kappa shape index (κ1) is 20.5. The number of rotatable bonds is 6. The van der Waals surface area contributed by atoms with Crippen LogP contribution in [0.1, 0.15) is 24.8 Å². The molecule has 0 unspecified atom stereocenters. The highest BCUT2D eigenvalue weighted by Crippen LogP contribution is 2.34. The van der Waals surface area contributed by atoms with Crippen molar-refractivity contribution in [1.82, 2.24) is 15.0 Å². The van der Waals surface area contributed by atoms with Gasteiger partial charge in [-0.15, -0.1) is 0 Å². The monoisotopic (exact) mass is 424 g/mol. The first-order chi connectivity index (χ1) is 15.1. The number of likely N-dealkylation sites (tertiary alicyclic amines) is 1. The van der Waals surface area contributed by atoms with Gasteiger partial charge in [-0.25, -0.2) is 4.79 Å². The summed E-state index contributed by atoms with van der Waals surface area (Å²) in [5.74, 6) is 2.66. The highest BCUT2D eigenvalue weighted by atomic mass is 16.5. The Kier molecular flexibility index (Phi) is 5.92. The average molecular weight is 424 g/mol. The van der Waals surface area contributed by atoms with Crippen LogP contribution in [0.3, 0.4) is 0 Å². The van der Waals surface area contributed by atoms with Crippen LogP contribution in [0, 0.1) is 0 Å². The van der Waals surface area contributed by atoms with Crippen LogP contribution >= 0.6 is 0 Å². The van der Waals surface area contributed by atoms with E-state index in [0.29, 0.717) is 41.2 Å². The molecule has 4 rings (SSSR count). The molecule has 2 amide bonds. The second kappa shape index (κ2) is 8.95. The Morgan fingerprint density at radius 1 is 1.10 bits per heavy atom. The van der Waals surface area contributed by atoms with E-state index in [0.717, 1.165) is 18.4 Å². The summed E-state index contributed by atoms with van der Waals surface area (Å²) in [4.78, 5) is 19.2. The summed E-state index contributed by atoms with van der Waals surface area (Å²) >= 11 is 0. The number of hydrogen-bond acceptors (Lipinski definition) is 7. The molecule has 0 bridgehead atoms. The SMILES string of the molecule is COc1cc(NC(=O)N2CCC[C@H]2c2nc(-c3ccccc3OC)no2)cc(OC)c1. The molecular weight excluding hydrogens is 400 g/mol. The molecule has 0 saturated carbocycles. The third-order valence-electron chi connectivity index (χ3n) is 5.19. The summed E-state index contributed by atoms with van der Waals surface area (Å²) in [6, 6.07) is 12.1. The lowest BCUT2D eigenvalue weighted by atomic mass is 10.2. The van der Waals surface area contributed by atoms with Crippen molar-refractivity contribution in [2.45, 2.75) is 18.9 Å². The predicted molar refractivity (Wildman–Crippen MR) is 114 cm³/mol. The molecule has 0 spiro atoms. The van der Waals surface area contributed by atoms with Crippen LogP contribution in [-0.2, 0) is 0 Å². The molecule has 1 saturated heterocycles. The van der Waals surface area contributed by atoms with Gasteiger partial charge in [-0.2, -0.15) is 4.98 Å². The first-order valence-corrected chi connectivity index (χ1v) is 9.90. The molecule has 1 aliphatic heterocycles. The maximum atomic E-state index is 13.0. The summed E-state index contributed by atoms with van der Waals surface area (Å²) in [6.07, 6.45) is 1.58. The minimum Gasteiger partial charge on any atom is -0.497 e. The van der Waals surface area contributed by atoms with Crippen LogP contribution in [0.15, 0.2) is 47.0 Å². The summed E-state index contributed by atoms with van der Waals surface area (Å²) < 4.78 is 21.4. The van der Waals surface area contributed by atoms with Crippen LogP contribution in [0.2, 0.25) is 0 Å². The van der Waals surface area contributed by atoms with Gasteiger partial charge >= 0.3 is 6.03 Å². The maximum Gasteiger partial charge on any atom is 0.322 e. The largest absolute Gasteiger partial charge is 0.497 e. The zero-order chi connectivity index (χ0) is 21.8. The molecule has 2 aromatic carbocycles.